The van der Waals surface area contributed by atoms with Gasteiger partial charge in [-0.05, 0) is 30.4 Å². The molecule has 2 aromatic heterocycles. The molecular formula is C13H19N3S. The van der Waals surface area contributed by atoms with Gasteiger partial charge in [-0.1, -0.05) is 6.92 Å². The molecule has 2 rings (SSSR count). The molecule has 4 heteroatoms. The maximum absolute atomic E-state index is 4.20. The number of hydrogen-bond donors (Lipinski definition) is 1. The third-order valence-electron chi connectivity index (χ3n) is 2.82. The van der Waals surface area contributed by atoms with E-state index < -0.39 is 0 Å². The van der Waals surface area contributed by atoms with Crippen LogP contribution in [0.3, 0.4) is 0 Å². The molecule has 0 aromatic carbocycles. The summed E-state index contributed by atoms with van der Waals surface area (Å²) in [6, 6.07) is 2.17. The van der Waals surface area contributed by atoms with E-state index in [1.807, 2.05) is 23.9 Å². The molecule has 17 heavy (non-hydrogen) atoms. The van der Waals surface area contributed by atoms with Crippen LogP contribution in [-0.2, 0) is 19.6 Å². The Labute approximate surface area is 107 Å². The Morgan fingerprint density at radius 2 is 2.29 bits per heavy atom. The van der Waals surface area contributed by atoms with Crippen LogP contribution in [0, 0.1) is 6.92 Å². The van der Waals surface area contributed by atoms with Crippen molar-refractivity contribution >= 4 is 11.3 Å². The lowest BCUT2D eigenvalue weighted by atomic mass is 10.3. The summed E-state index contributed by atoms with van der Waals surface area (Å²) in [6.45, 7) is 7.23. The van der Waals surface area contributed by atoms with Crippen LogP contribution in [0.4, 0.5) is 0 Å². The van der Waals surface area contributed by atoms with Gasteiger partial charge >= 0.3 is 0 Å². The molecule has 0 saturated carbocycles. The molecule has 1 N–H and O–H groups in total. The van der Waals surface area contributed by atoms with Gasteiger partial charge in [0.1, 0.15) is 0 Å². The van der Waals surface area contributed by atoms with Crippen LogP contribution in [0.5, 0.6) is 0 Å². The lowest BCUT2D eigenvalue weighted by molar-refractivity contribution is 0.603. The van der Waals surface area contributed by atoms with Gasteiger partial charge in [0.25, 0.3) is 0 Å². The van der Waals surface area contributed by atoms with Crippen molar-refractivity contribution < 1.29 is 0 Å². The molecule has 2 aromatic rings. The van der Waals surface area contributed by atoms with Crippen molar-refractivity contribution in [2.24, 2.45) is 0 Å². The SMILES string of the molecule is CCCn1cncc1CNCc1sccc1C. The van der Waals surface area contributed by atoms with Gasteiger partial charge < -0.3 is 9.88 Å². The molecule has 3 nitrogen and oxygen atoms in total. The summed E-state index contributed by atoms with van der Waals surface area (Å²) < 4.78 is 2.22. The van der Waals surface area contributed by atoms with Crippen molar-refractivity contribution in [3.63, 3.8) is 0 Å². The predicted octanol–water partition coefficient (Wildman–Crippen LogP) is 2.95. The minimum Gasteiger partial charge on any atom is -0.333 e. The van der Waals surface area contributed by atoms with Gasteiger partial charge in [-0.3, -0.25) is 0 Å². The summed E-state index contributed by atoms with van der Waals surface area (Å²) in [5.41, 5.74) is 2.64. The van der Waals surface area contributed by atoms with E-state index in [4.69, 9.17) is 0 Å². The van der Waals surface area contributed by atoms with E-state index in [1.54, 1.807) is 0 Å². The third-order valence-corrected chi connectivity index (χ3v) is 3.85. The molecule has 0 amide bonds. The van der Waals surface area contributed by atoms with Crippen molar-refractivity contribution in [1.29, 1.82) is 0 Å². The molecule has 0 atom stereocenters. The molecule has 0 unspecified atom stereocenters. The second-order valence-electron chi connectivity index (χ2n) is 4.21. The van der Waals surface area contributed by atoms with Crippen LogP contribution >= 0.6 is 11.3 Å². The summed E-state index contributed by atoms with van der Waals surface area (Å²) in [5, 5.41) is 5.63. The first-order chi connectivity index (χ1) is 8.31. The van der Waals surface area contributed by atoms with Gasteiger partial charge in [-0.2, -0.15) is 0 Å². The van der Waals surface area contributed by atoms with Gasteiger partial charge in [0.05, 0.1) is 12.0 Å². The van der Waals surface area contributed by atoms with Gasteiger partial charge in [0.2, 0.25) is 0 Å². The van der Waals surface area contributed by atoms with E-state index in [9.17, 15) is 0 Å². The zero-order valence-electron chi connectivity index (χ0n) is 10.4. The topological polar surface area (TPSA) is 29.9 Å². The molecule has 0 spiro atoms. The van der Waals surface area contributed by atoms with Gasteiger partial charge in [0.15, 0.2) is 0 Å². The fourth-order valence-electron chi connectivity index (χ4n) is 1.83. The van der Waals surface area contributed by atoms with Crippen molar-refractivity contribution in [1.82, 2.24) is 14.9 Å². The van der Waals surface area contributed by atoms with Crippen molar-refractivity contribution in [2.75, 3.05) is 0 Å². The molecule has 0 bridgehead atoms. The number of nitrogens with one attached hydrogen (secondary N) is 1. The fraction of sp³-hybridized carbons (Fsp3) is 0.462. The fourth-order valence-corrected chi connectivity index (χ4v) is 2.70. The smallest absolute Gasteiger partial charge is 0.0948 e. The predicted molar refractivity (Wildman–Crippen MR) is 72.1 cm³/mol. The van der Waals surface area contributed by atoms with E-state index >= 15 is 0 Å². The van der Waals surface area contributed by atoms with E-state index in [0.29, 0.717) is 0 Å². The Balaban J connectivity index is 1.86. The summed E-state index contributed by atoms with van der Waals surface area (Å²) in [4.78, 5) is 5.62. The van der Waals surface area contributed by atoms with E-state index in [0.717, 1.165) is 26.1 Å². The van der Waals surface area contributed by atoms with Crippen LogP contribution in [0.25, 0.3) is 0 Å². The first-order valence-corrected chi connectivity index (χ1v) is 6.92. The van der Waals surface area contributed by atoms with Crippen LogP contribution in [0.1, 0.15) is 29.5 Å². The molecule has 0 aliphatic rings. The average molecular weight is 249 g/mol. The molecule has 0 aliphatic carbocycles. The number of aryl methyl sites for hydroxylation is 2. The number of hydrogen-bond acceptors (Lipinski definition) is 3. The summed E-state index contributed by atoms with van der Waals surface area (Å²) in [7, 11) is 0. The largest absolute Gasteiger partial charge is 0.333 e. The highest BCUT2D eigenvalue weighted by atomic mass is 32.1. The lowest BCUT2D eigenvalue weighted by Gasteiger charge is -2.07. The molecule has 0 saturated heterocycles. The molecular weight excluding hydrogens is 230 g/mol. The Morgan fingerprint density at radius 1 is 1.41 bits per heavy atom. The maximum atomic E-state index is 4.20. The van der Waals surface area contributed by atoms with Gasteiger partial charge in [-0.25, -0.2) is 4.98 Å². The normalized spacial score (nSPS) is 10.9. The highest BCUT2D eigenvalue weighted by Gasteiger charge is 2.02. The van der Waals surface area contributed by atoms with E-state index in [1.165, 1.54) is 16.1 Å². The number of nitrogens with zero attached hydrogens (tertiary/aromatic N) is 2. The highest BCUT2D eigenvalue weighted by molar-refractivity contribution is 7.10. The number of imidazole rings is 1. The number of thiophene rings is 1. The Kier molecular flexibility index (Phi) is 4.34. The number of rotatable bonds is 6. The van der Waals surface area contributed by atoms with Crippen LogP contribution < -0.4 is 5.32 Å². The van der Waals surface area contributed by atoms with Crippen molar-refractivity contribution in [3.05, 3.63) is 40.1 Å². The second-order valence-corrected chi connectivity index (χ2v) is 5.21. The Morgan fingerprint density at radius 3 is 3.00 bits per heavy atom. The van der Waals surface area contributed by atoms with Crippen LogP contribution in [0.15, 0.2) is 24.0 Å². The summed E-state index contributed by atoms with van der Waals surface area (Å²) in [5.74, 6) is 0. The summed E-state index contributed by atoms with van der Waals surface area (Å²) in [6.07, 6.45) is 5.01. The zero-order chi connectivity index (χ0) is 12.1. The van der Waals surface area contributed by atoms with E-state index in [-0.39, 0.29) is 0 Å². The zero-order valence-corrected chi connectivity index (χ0v) is 11.3. The van der Waals surface area contributed by atoms with Crippen LogP contribution in [-0.4, -0.2) is 9.55 Å². The summed E-state index contributed by atoms with van der Waals surface area (Å²) >= 11 is 1.82. The third kappa shape index (κ3) is 3.17. The first kappa shape index (κ1) is 12.3. The van der Waals surface area contributed by atoms with E-state index in [2.05, 4.69) is 40.2 Å². The Bertz CT molecular complexity index is 459. The quantitative estimate of drug-likeness (QED) is 0.853. The van der Waals surface area contributed by atoms with Gasteiger partial charge in [0, 0.05) is 30.7 Å². The second kappa shape index (κ2) is 5.98. The molecule has 0 fully saturated rings. The average Bonchev–Trinajstić information content (AvgIpc) is 2.90. The maximum Gasteiger partial charge on any atom is 0.0948 e. The minimum absolute atomic E-state index is 0.886. The molecule has 92 valence electrons. The van der Waals surface area contributed by atoms with Crippen LogP contribution in [0.2, 0.25) is 0 Å². The Hall–Kier alpha value is -1.13. The number of aromatic nitrogens is 2. The standard InChI is InChI=1S/C13H19N3S/c1-3-5-16-10-15-8-12(16)7-14-9-13-11(2)4-6-17-13/h4,6,8,10,14H,3,5,7,9H2,1-2H3. The monoisotopic (exact) mass is 249 g/mol. The molecule has 2 heterocycles. The minimum atomic E-state index is 0.886. The van der Waals surface area contributed by atoms with Crippen molar-refractivity contribution in [2.45, 2.75) is 39.9 Å². The first-order valence-electron chi connectivity index (χ1n) is 6.04. The van der Waals surface area contributed by atoms with Gasteiger partial charge in [-0.15, -0.1) is 11.3 Å². The van der Waals surface area contributed by atoms with Crippen molar-refractivity contribution in [3.8, 4) is 0 Å². The molecule has 0 aliphatic heterocycles. The highest BCUT2D eigenvalue weighted by Crippen LogP contribution is 2.15. The lowest BCUT2D eigenvalue weighted by Crippen LogP contribution is -2.15. The molecule has 0 radical (unpaired) electrons.